The normalized spacial score (nSPS) is 20.9. The van der Waals surface area contributed by atoms with Crippen molar-refractivity contribution in [2.24, 2.45) is 4.99 Å². The number of hydrogen-bond acceptors (Lipinski definition) is 4. The minimum absolute atomic E-state index is 0.0810. The number of hydrogen-bond donors (Lipinski definition) is 0. The molecule has 4 rings (SSSR count). The maximum absolute atomic E-state index is 13.3. The molecule has 4 nitrogen and oxygen atoms in total. The first-order valence-corrected chi connectivity index (χ1v) is 11.3. The number of amidine groups is 1. The van der Waals surface area contributed by atoms with Gasteiger partial charge in [0.1, 0.15) is 0 Å². The highest BCUT2D eigenvalue weighted by Crippen LogP contribution is 2.38. The fourth-order valence-corrected chi connectivity index (χ4v) is 4.94. The smallest absolute Gasteiger partial charge is 0.267 e. The van der Waals surface area contributed by atoms with Gasteiger partial charge in [-0.1, -0.05) is 57.4 Å². The summed E-state index contributed by atoms with van der Waals surface area (Å²) in [5, 5.41) is 0.778. The second-order valence-corrected chi connectivity index (χ2v) is 9.01. The lowest BCUT2D eigenvalue weighted by molar-refractivity contribution is -0.124. The zero-order valence-corrected chi connectivity index (χ0v) is 17.9. The molecule has 1 aliphatic carbocycles. The monoisotopic (exact) mass is 405 g/mol. The second-order valence-electron chi connectivity index (χ2n) is 8.00. The fourth-order valence-electron chi connectivity index (χ4n) is 3.88. The van der Waals surface area contributed by atoms with E-state index in [2.05, 4.69) is 43.1 Å². The van der Waals surface area contributed by atoms with Crippen molar-refractivity contribution in [2.75, 3.05) is 0 Å². The van der Waals surface area contributed by atoms with Crippen LogP contribution in [-0.4, -0.2) is 27.0 Å². The Labute approximate surface area is 177 Å². The first-order valence-electron chi connectivity index (χ1n) is 10.4. The highest BCUT2D eigenvalue weighted by molar-refractivity contribution is 8.18. The van der Waals surface area contributed by atoms with E-state index in [-0.39, 0.29) is 11.9 Å². The van der Waals surface area contributed by atoms with Gasteiger partial charge < -0.3 is 0 Å². The molecule has 0 atom stereocenters. The molecule has 5 heteroatoms. The number of carbonyl (C=O) groups excluding carboxylic acids is 1. The highest BCUT2D eigenvalue weighted by Gasteiger charge is 2.38. The van der Waals surface area contributed by atoms with E-state index in [1.165, 1.54) is 36.6 Å². The average molecular weight is 406 g/mol. The van der Waals surface area contributed by atoms with Gasteiger partial charge in [0, 0.05) is 12.2 Å². The predicted molar refractivity (Wildman–Crippen MR) is 121 cm³/mol. The Morgan fingerprint density at radius 2 is 1.90 bits per heavy atom. The van der Waals surface area contributed by atoms with Crippen LogP contribution in [0.5, 0.6) is 0 Å². The molecule has 29 heavy (non-hydrogen) atoms. The minimum Gasteiger partial charge on any atom is -0.283 e. The molecule has 1 amide bonds. The SMILES string of the molecule is CC(C)c1ccc(/C=C2\SC(=Nc3cccnc3)N(C3CCCCC3)C2=O)cc1. The van der Waals surface area contributed by atoms with Gasteiger partial charge in [-0.25, -0.2) is 4.99 Å². The quantitative estimate of drug-likeness (QED) is 0.574. The van der Waals surface area contributed by atoms with Crippen LogP contribution in [0.4, 0.5) is 5.69 Å². The third kappa shape index (κ3) is 4.61. The maximum Gasteiger partial charge on any atom is 0.267 e. The first kappa shape index (κ1) is 19.9. The molecule has 1 aliphatic heterocycles. The summed E-state index contributed by atoms with van der Waals surface area (Å²) >= 11 is 1.48. The summed E-state index contributed by atoms with van der Waals surface area (Å²) in [5.74, 6) is 0.580. The van der Waals surface area contributed by atoms with E-state index in [4.69, 9.17) is 4.99 Å². The van der Waals surface area contributed by atoms with Gasteiger partial charge in [-0.15, -0.1) is 0 Å². The molecule has 0 bridgehead atoms. The molecule has 1 saturated heterocycles. The van der Waals surface area contributed by atoms with E-state index >= 15 is 0 Å². The zero-order valence-electron chi connectivity index (χ0n) is 17.0. The largest absolute Gasteiger partial charge is 0.283 e. The molecule has 2 aliphatic rings. The third-order valence-corrected chi connectivity index (χ3v) is 6.53. The Morgan fingerprint density at radius 3 is 2.55 bits per heavy atom. The summed E-state index contributed by atoms with van der Waals surface area (Å²) < 4.78 is 0. The number of aromatic nitrogens is 1. The average Bonchev–Trinajstić information content (AvgIpc) is 3.04. The van der Waals surface area contributed by atoms with Crippen LogP contribution in [0.1, 0.15) is 63.0 Å². The van der Waals surface area contributed by atoms with Gasteiger partial charge in [-0.2, -0.15) is 0 Å². The van der Waals surface area contributed by atoms with E-state index in [1.54, 1.807) is 12.4 Å². The topological polar surface area (TPSA) is 45.6 Å². The Hall–Kier alpha value is -2.40. The molecule has 0 N–H and O–H groups in total. The number of aliphatic imine (C=N–C) groups is 1. The lowest BCUT2D eigenvalue weighted by atomic mass is 9.94. The molecule has 150 valence electrons. The van der Waals surface area contributed by atoms with Gasteiger partial charge in [-0.3, -0.25) is 14.7 Å². The van der Waals surface area contributed by atoms with Crippen LogP contribution in [-0.2, 0) is 4.79 Å². The molecule has 0 unspecified atom stereocenters. The van der Waals surface area contributed by atoms with Crippen LogP contribution < -0.4 is 0 Å². The van der Waals surface area contributed by atoms with Crippen LogP contribution in [0.3, 0.4) is 0 Å². The minimum atomic E-state index is 0.0810. The molecule has 2 heterocycles. The summed E-state index contributed by atoms with van der Waals surface area (Å²) in [6.45, 7) is 4.38. The Kier molecular flexibility index (Phi) is 6.14. The summed E-state index contributed by atoms with van der Waals surface area (Å²) in [7, 11) is 0. The van der Waals surface area contributed by atoms with Crippen molar-refractivity contribution in [3.63, 3.8) is 0 Å². The lowest BCUT2D eigenvalue weighted by Crippen LogP contribution is -2.40. The Balaban J connectivity index is 1.65. The lowest BCUT2D eigenvalue weighted by Gasteiger charge is -2.30. The fraction of sp³-hybridized carbons (Fsp3) is 0.375. The molecule has 0 radical (unpaired) electrons. The van der Waals surface area contributed by atoms with Gasteiger partial charge in [-0.05, 0) is 59.9 Å². The number of thioether (sulfide) groups is 1. The molecule has 0 spiro atoms. The molecule has 1 saturated carbocycles. The standard InChI is InChI=1S/C24H27N3OS/c1-17(2)19-12-10-18(11-13-19)15-22-23(28)27(21-8-4-3-5-9-21)24(29-22)26-20-7-6-14-25-16-20/h6-7,10-17,21H,3-5,8-9H2,1-2H3/b22-15-,26-24?. The van der Waals surface area contributed by atoms with Gasteiger partial charge >= 0.3 is 0 Å². The van der Waals surface area contributed by atoms with Crippen molar-refractivity contribution >= 4 is 34.6 Å². The van der Waals surface area contributed by atoms with Gasteiger partial charge in [0.25, 0.3) is 5.91 Å². The third-order valence-electron chi connectivity index (χ3n) is 5.55. The van der Waals surface area contributed by atoms with Gasteiger partial charge in [0.15, 0.2) is 5.17 Å². The van der Waals surface area contributed by atoms with E-state index in [1.807, 2.05) is 23.1 Å². The van der Waals surface area contributed by atoms with Crippen molar-refractivity contribution < 1.29 is 4.79 Å². The number of benzene rings is 1. The zero-order chi connectivity index (χ0) is 20.2. The van der Waals surface area contributed by atoms with Crippen LogP contribution in [0.25, 0.3) is 6.08 Å². The molecule has 1 aromatic carbocycles. The second kappa shape index (κ2) is 8.95. The van der Waals surface area contributed by atoms with Crippen LogP contribution in [0.2, 0.25) is 0 Å². The number of carbonyl (C=O) groups is 1. The highest BCUT2D eigenvalue weighted by atomic mass is 32.2. The summed E-state index contributed by atoms with van der Waals surface area (Å²) in [6, 6.07) is 12.5. The van der Waals surface area contributed by atoms with Gasteiger partial charge in [0.2, 0.25) is 0 Å². The summed E-state index contributed by atoms with van der Waals surface area (Å²) in [4.78, 5) is 24.9. The molecule has 2 aromatic rings. The molecular weight excluding hydrogens is 378 g/mol. The number of amides is 1. The number of rotatable bonds is 4. The Bertz CT molecular complexity index is 913. The van der Waals surface area contributed by atoms with E-state index in [0.717, 1.165) is 34.2 Å². The van der Waals surface area contributed by atoms with Crippen LogP contribution in [0, 0.1) is 0 Å². The first-order chi connectivity index (χ1) is 14.1. The number of pyridine rings is 1. The van der Waals surface area contributed by atoms with Gasteiger partial charge in [0.05, 0.1) is 16.8 Å². The Morgan fingerprint density at radius 1 is 1.14 bits per heavy atom. The van der Waals surface area contributed by atoms with E-state index in [9.17, 15) is 4.79 Å². The van der Waals surface area contributed by atoms with Crippen molar-refractivity contribution in [1.82, 2.24) is 9.88 Å². The van der Waals surface area contributed by atoms with Crippen LogP contribution in [0.15, 0.2) is 58.7 Å². The van der Waals surface area contributed by atoms with E-state index < -0.39 is 0 Å². The maximum atomic E-state index is 13.3. The van der Waals surface area contributed by atoms with Crippen molar-refractivity contribution in [3.8, 4) is 0 Å². The van der Waals surface area contributed by atoms with Crippen molar-refractivity contribution in [3.05, 3.63) is 64.8 Å². The van der Waals surface area contributed by atoms with Crippen LogP contribution >= 0.6 is 11.8 Å². The molecule has 1 aromatic heterocycles. The van der Waals surface area contributed by atoms with E-state index in [0.29, 0.717) is 5.92 Å². The van der Waals surface area contributed by atoms with Crippen molar-refractivity contribution in [1.29, 1.82) is 0 Å². The predicted octanol–water partition coefficient (Wildman–Crippen LogP) is 6.14. The molecular formula is C24H27N3OS. The summed E-state index contributed by atoms with van der Waals surface area (Å²) in [5.41, 5.74) is 3.14. The van der Waals surface area contributed by atoms with Crippen molar-refractivity contribution in [2.45, 2.75) is 57.9 Å². The molecule has 2 fully saturated rings. The number of nitrogens with zero attached hydrogens (tertiary/aromatic N) is 3. The summed E-state index contributed by atoms with van der Waals surface area (Å²) in [6.07, 6.45) is 11.2.